The highest BCUT2D eigenvalue weighted by molar-refractivity contribution is 5.95. The van der Waals surface area contributed by atoms with Crippen molar-refractivity contribution in [1.29, 1.82) is 0 Å². The largest absolute Gasteiger partial charge is 0.339 e. The molecule has 2 aromatic carbocycles. The molecule has 4 heteroatoms. The van der Waals surface area contributed by atoms with Crippen molar-refractivity contribution in [2.24, 2.45) is 5.92 Å². The molecule has 1 aliphatic rings. The summed E-state index contributed by atoms with van der Waals surface area (Å²) in [6.45, 7) is 6.58. The lowest BCUT2D eigenvalue weighted by Gasteiger charge is -2.36. The van der Waals surface area contributed by atoms with E-state index in [2.05, 4.69) is 26.0 Å². The van der Waals surface area contributed by atoms with Gasteiger partial charge in [0.1, 0.15) is 0 Å². The highest BCUT2D eigenvalue weighted by atomic mass is 16.2. The van der Waals surface area contributed by atoms with Gasteiger partial charge in [0.25, 0.3) is 5.91 Å². The lowest BCUT2D eigenvalue weighted by atomic mass is 10.0. The molecule has 0 N–H and O–H groups in total. The van der Waals surface area contributed by atoms with Gasteiger partial charge in [-0.2, -0.15) is 0 Å². The zero-order valence-corrected chi connectivity index (χ0v) is 16.2. The smallest absolute Gasteiger partial charge is 0.253 e. The fraction of sp³-hybridized carbons (Fsp3) is 0.391. The SMILES string of the molecule is CCC(CC)C(=O)N1CCN(C(=O)c2ccc(-c3ccccc3)cc2)CC1. The molecule has 1 aliphatic heterocycles. The second-order valence-corrected chi connectivity index (χ2v) is 7.07. The molecule has 142 valence electrons. The van der Waals surface area contributed by atoms with Gasteiger partial charge in [0.2, 0.25) is 5.91 Å². The van der Waals surface area contributed by atoms with Gasteiger partial charge in [0.15, 0.2) is 0 Å². The van der Waals surface area contributed by atoms with Crippen LogP contribution in [0.1, 0.15) is 37.0 Å². The van der Waals surface area contributed by atoms with Gasteiger partial charge in [0.05, 0.1) is 0 Å². The third-order valence-electron chi connectivity index (χ3n) is 5.45. The third kappa shape index (κ3) is 4.38. The van der Waals surface area contributed by atoms with Gasteiger partial charge in [-0.3, -0.25) is 9.59 Å². The van der Waals surface area contributed by atoms with Gasteiger partial charge in [0, 0.05) is 37.7 Å². The van der Waals surface area contributed by atoms with Gasteiger partial charge >= 0.3 is 0 Å². The fourth-order valence-corrected chi connectivity index (χ4v) is 3.64. The average Bonchev–Trinajstić information content (AvgIpc) is 2.75. The maximum absolute atomic E-state index is 12.8. The zero-order valence-electron chi connectivity index (χ0n) is 16.2. The molecule has 0 spiro atoms. The number of piperazine rings is 1. The Labute approximate surface area is 161 Å². The monoisotopic (exact) mass is 364 g/mol. The summed E-state index contributed by atoms with van der Waals surface area (Å²) in [5.41, 5.74) is 2.95. The molecule has 0 aliphatic carbocycles. The van der Waals surface area contributed by atoms with Gasteiger partial charge in [-0.1, -0.05) is 56.3 Å². The van der Waals surface area contributed by atoms with Crippen molar-refractivity contribution in [2.45, 2.75) is 26.7 Å². The van der Waals surface area contributed by atoms with E-state index in [9.17, 15) is 9.59 Å². The van der Waals surface area contributed by atoms with Gasteiger partial charge < -0.3 is 9.80 Å². The van der Waals surface area contributed by atoms with E-state index < -0.39 is 0 Å². The molecule has 27 heavy (non-hydrogen) atoms. The van der Waals surface area contributed by atoms with E-state index in [0.717, 1.165) is 24.0 Å². The number of carbonyl (C=O) groups excluding carboxylic acids is 2. The van der Waals surface area contributed by atoms with Crippen LogP contribution in [0.5, 0.6) is 0 Å². The molecule has 1 fully saturated rings. The molecular weight excluding hydrogens is 336 g/mol. The number of carbonyl (C=O) groups is 2. The first-order valence-corrected chi connectivity index (χ1v) is 9.87. The summed E-state index contributed by atoms with van der Waals surface area (Å²) in [5, 5.41) is 0. The van der Waals surface area contributed by atoms with E-state index in [1.165, 1.54) is 0 Å². The Morgan fingerprint density at radius 1 is 0.778 bits per heavy atom. The quantitative estimate of drug-likeness (QED) is 0.802. The van der Waals surface area contributed by atoms with Crippen LogP contribution in [-0.4, -0.2) is 47.8 Å². The van der Waals surface area contributed by atoms with Crippen LogP contribution in [0.25, 0.3) is 11.1 Å². The summed E-state index contributed by atoms with van der Waals surface area (Å²) in [6, 6.07) is 17.9. The maximum Gasteiger partial charge on any atom is 0.253 e. The van der Waals surface area contributed by atoms with Crippen LogP contribution in [-0.2, 0) is 4.79 Å². The van der Waals surface area contributed by atoms with Crippen LogP contribution in [0.4, 0.5) is 0 Å². The Morgan fingerprint density at radius 3 is 1.85 bits per heavy atom. The minimum absolute atomic E-state index is 0.0456. The number of hydrogen-bond donors (Lipinski definition) is 0. The summed E-state index contributed by atoms with van der Waals surface area (Å²) in [5.74, 6) is 0.390. The van der Waals surface area contributed by atoms with E-state index >= 15 is 0 Å². The van der Waals surface area contributed by atoms with Crippen LogP contribution >= 0.6 is 0 Å². The normalized spacial score (nSPS) is 14.5. The van der Waals surface area contributed by atoms with Crippen LogP contribution in [0, 0.1) is 5.92 Å². The van der Waals surface area contributed by atoms with E-state index in [1.54, 1.807) is 0 Å². The highest BCUT2D eigenvalue weighted by Crippen LogP contribution is 2.20. The lowest BCUT2D eigenvalue weighted by molar-refractivity contribution is -0.137. The van der Waals surface area contributed by atoms with Crippen molar-refractivity contribution in [2.75, 3.05) is 26.2 Å². The molecule has 0 atom stereocenters. The molecule has 0 radical (unpaired) electrons. The molecule has 0 saturated carbocycles. The topological polar surface area (TPSA) is 40.6 Å². The first-order chi connectivity index (χ1) is 13.1. The first kappa shape index (κ1) is 19.2. The van der Waals surface area contributed by atoms with Crippen molar-refractivity contribution in [3.8, 4) is 11.1 Å². The highest BCUT2D eigenvalue weighted by Gasteiger charge is 2.27. The molecule has 1 saturated heterocycles. The Bertz CT molecular complexity index is 759. The van der Waals surface area contributed by atoms with Crippen molar-refractivity contribution >= 4 is 11.8 Å². The lowest BCUT2D eigenvalue weighted by Crippen LogP contribution is -2.51. The Balaban J connectivity index is 1.60. The Kier molecular flexibility index (Phi) is 6.28. The van der Waals surface area contributed by atoms with E-state index in [1.807, 2.05) is 52.3 Å². The van der Waals surface area contributed by atoms with Gasteiger partial charge in [-0.05, 0) is 36.1 Å². The molecule has 0 bridgehead atoms. The molecule has 4 nitrogen and oxygen atoms in total. The number of amides is 2. The minimum atomic E-state index is 0.0456. The summed E-state index contributed by atoms with van der Waals surface area (Å²) in [4.78, 5) is 29.1. The summed E-state index contributed by atoms with van der Waals surface area (Å²) < 4.78 is 0. The number of nitrogens with zero attached hydrogens (tertiary/aromatic N) is 2. The Hall–Kier alpha value is -2.62. The third-order valence-corrected chi connectivity index (χ3v) is 5.45. The standard InChI is InChI=1S/C23H28N2O2/c1-3-18(4-2)22(26)24-14-16-25(17-15-24)23(27)21-12-10-20(11-13-21)19-8-6-5-7-9-19/h5-13,18H,3-4,14-17H2,1-2H3. The number of benzene rings is 2. The molecule has 0 aromatic heterocycles. The van der Waals surface area contributed by atoms with Crippen LogP contribution < -0.4 is 0 Å². The second kappa shape index (κ2) is 8.85. The first-order valence-electron chi connectivity index (χ1n) is 9.87. The van der Waals surface area contributed by atoms with Crippen molar-refractivity contribution in [3.63, 3.8) is 0 Å². The van der Waals surface area contributed by atoms with Crippen molar-refractivity contribution in [3.05, 3.63) is 60.2 Å². The minimum Gasteiger partial charge on any atom is -0.339 e. The number of hydrogen-bond acceptors (Lipinski definition) is 2. The Morgan fingerprint density at radius 2 is 1.30 bits per heavy atom. The average molecular weight is 364 g/mol. The maximum atomic E-state index is 12.8. The van der Waals surface area contributed by atoms with E-state index in [0.29, 0.717) is 31.7 Å². The van der Waals surface area contributed by atoms with E-state index in [4.69, 9.17) is 0 Å². The van der Waals surface area contributed by atoms with Gasteiger partial charge in [-0.25, -0.2) is 0 Å². The molecular formula is C23H28N2O2. The fourth-order valence-electron chi connectivity index (χ4n) is 3.64. The molecule has 2 amide bonds. The van der Waals surface area contributed by atoms with Crippen LogP contribution in [0.2, 0.25) is 0 Å². The molecule has 2 aromatic rings. The summed E-state index contributed by atoms with van der Waals surface area (Å²) in [7, 11) is 0. The molecule has 1 heterocycles. The predicted molar refractivity (Wildman–Crippen MR) is 108 cm³/mol. The van der Waals surface area contributed by atoms with E-state index in [-0.39, 0.29) is 17.7 Å². The van der Waals surface area contributed by atoms with Crippen LogP contribution in [0.15, 0.2) is 54.6 Å². The van der Waals surface area contributed by atoms with Gasteiger partial charge in [-0.15, -0.1) is 0 Å². The second-order valence-electron chi connectivity index (χ2n) is 7.07. The van der Waals surface area contributed by atoms with Crippen molar-refractivity contribution in [1.82, 2.24) is 9.80 Å². The summed E-state index contributed by atoms with van der Waals surface area (Å²) >= 11 is 0. The zero-order chi connectivity index (χ0) is 19.2. The molecule has 0 unspecified atom stereocenters. The number of rotatable bonds is 5. The van der Waals surface area contributed by atoms with Crippen LogP contribution in [0.3, 0.4) is 0 Å². The summed E-state index contributed by atoms with van der Waals surface area (Å²) in [6.07, 6.45) is 1.75. The van der Waals surface area contributed by atoms with Crippen molar-refractivity contribution < 1.29 is 9.59 Å². The molecule has 3 rings (SSSR count). The predicted octanol–water partition coefficient (Wildman–Crippen LogP) is 4.07.